The van der Waals surface area contributed by atoms with Crippen molar-refractivity contribution in [3.63, 3.8) is 0 Å². The Hall–Kier alpha value is -2.31. The number of carbonyl (C=O) groups is 2. The van der Waals surface area contributed by atoms with Crippen LogP contribution in [0.1, 0.15) is 5.56 Å². The van der Waals surface area contributed by atoms with Crippen molar-refractivity contribution in [3.05, 3.63) is 53.6 Å². The minimum atomic E-state index is -0.572. The predicted octanol–water partition coefficient (Wildman–Crippen LogP) is 1.16. The lowest BCUT2D eigenvalue weighted by Crippen LogP contribution is -2.39. The second kappa shape index (κ2) is 9.66. The first-order valence-corrected chi connectivity index (χ1v) is 7.33. The number of ether oxygens (including phenoxy) is 1. The van der Waals surface area contributed by atoms with Gasteiger partial charge in [0.2, 0.25) is 11.8 Å². The van der Waals surface area contributed by atoms with E-state index in [0.29, 0.717) is 42.6 Å². The molecule has 1 aliphatic rings. The maximum Gasteiger partial charge on any atom is 0.246 e. The highest BCUT2D eigenvalue weighted by Gasteiger charge is 2.12. The summed E-state index contributed by atoms with van der Waals surface area (Å²) >= 11 is 5.73. The van der Waals surface area contributed by atoms with Gasteiger partial charge in [-0.1, -0.05) is 30.3 Å². The van der Waals surface area contributed by atoms with E-state index in [1.54, 1.807) is 29.2 Å². The molecule has 1 aliphatic heterocycles. The first-order valence-electron chi connectivity index (χ1n) is 6.95. The van der Waals surface area contributed by atoms with Crippen LogP contribution in [0.5, 0.6) is 0 Å². The smallest absolute Gasteiger partial charge is 0.246 e. The minimum absolute atomic E-state index is 0.00306. The second-order valence-electron chi connectivity index (χ2n) is 4.65. The molecule has 124 valence electrons. The molecule has 0 bridgehead atoms. The van der Waals surface area contributed by atoms with Crippen LogP contribution >= 0.6 is 11.6 Å². The van der Waals surface area contributed by atoms with Gasteiger partial charge in [0.1, 0.15) is 0 Å². The van der Waals surface area contributed by atoms with Crippen LogP contribution < -0.4 is 11.5 Å². The number of primary amides is 1. The van der Waals surface area contributed by atoms with Crippen molar-refractivity contribution in [3.8, 4) is 0 Å². The van der Waals surface area contributed by atoms with Gasteiger partial charge >= 0.3 is 0 Å². The summed E-state index contributed by atoms with van der Waals surface area (Å²) in [4.78, 5) is 23.2. The molecule has 0 unspecified atom stereocenters. The van der Waals surface area contributed by atoms with E-state index in [0.717, 1.165) is 6.08 Å². The average molecular weight is 338 g/mol. The van der Waals surface area contributed by atoms with E-state index in [9.17, 15) is 9.59 Å². The fourth-order valence-corrected chi connectivity index (χ4v) is 2.01. The highest BCUT2D eigenvalue weighted by molar-refractivity contribution is 6.30. The highest BCUT2D eigenvalue weighted by Crippen LogP contribution is 2.14. The Kier molecular flexibility index (Phi) is 7.87. The van der Waals surface area contributed by atoms with E-state index in [1.807, 2.05) is 0 Å². The van der Waals surface area contributed by atoms with E-state index in [-0.39, 0.29) is 5.91 Å². The number of hydrogen-bond donors (Lipinski definition) is 2. The Morgan fingerprint density at radius 2 is 1.91 bits per heavy atom. The lowest BCUT2D eigenvalue weighted by atomic mass is 10.1. The summed E-state index contributed by atoms with van der Waals surface area (Å²) in [6.45, 7) is 6.11. The number of amides is 2. The Morgan fingerprint density at radius 3 is 2.43 bits per heavy atom. The van der Waals surface area contributed by atoms with Crippen molar-refractivity contribution in [2.24, 2.45) is 11.5 Å². The lowest BCUT2D eigenvalue weighted by Gasteiger charge is -2.25. The molecule has 0 radical (unpaired) electrons. The zero-order valence-corrected chi connectivity index (χ0v) is 13.5. The third kappa shape index (κ3) is 6.99. The topological polar surface area (TPSA) is 98.6 Å². The molecular weight excluding hydrogens is 318 g/mol. The molecule has 0 aliphatic carbocycles. The third-order valence-electron chi connectivity index (χ3n) is 2.95. The molecule has 6 nitrogen and oxygen atoms in total. The molecule has 23 heavy (non-hydrogen) atoms. The summed E-state index contributed by atoms with van der Waals surface area (Å²) in [5.74, 6) is -0.569. The molecule has 0 saturated carbocycles. The van der Waals surface area contributed by atoms with E-state index in [1.165, 1.54) is 6.08 Å². The molecule has 1 heterocycles. The molecule has 1 saturated heterocycles. The summed E-state index contributed by atoms with van der Waals surface area (Å²) in [6.07, 6.45) is 2.50. The molecule has 1 fully saturated rings. The fraction of sp³-hybridized carbons (Fsp3) is 0.250. The number of halogens is 1. The van der Waals surface area contributed by atoms with Crippen molar-refractivity contribution in [2.45, 2.75) is 0 Å². The summed E-state index contributed by atoms with van der Waals surface area (Å²) in [7, 11) is 0. The standard InChI is InChI=1S/C9H9ClN2O.C7H11NO2/c10-7-3-1-2-6(4-7)8(11)5-9(12)13;1-2-7(9)8-3-5-10-6-4-8/h1-5H,11H2,(H2,12,13);2H,1,3-6H2/b8-5-;. The van der Waals surface area contributed by atoms with Gasteiger partial charge in [0.25, 0.3) is 0 Å². The largest absolute Gasteiger partial charge is 0.398 e. The van der Waals surface area contributed by atoms with Gasteiger partial charge in [-0.3, -0.25) is 9.59 Å². The number of nitrogens with two attached hydrogens (primary N) is 2. The quantitative estimate of drug-likeness (QED) is 0.808. The van der Waals surface area contributed by atoms with Crippen molar-refractivity contribution in [1.82, 2.24) is 4.90 Å². The molecule has 0 aromatic heterocycles. The Labute approximate surface area is 140 Å². The van der Waals surface area contributed by atoms with Crippen LogP contribution in [0.3, 0.4) is 0 Å². The van der Waals surface area contributed by atoms with Crippen LogP contribution in [0.15, 0.2) is 43.0 Å². The number of morpholine rings is 1. The maximum atomic E-state index is 10.9. The second-order valence-corrected chi connectivity index (χ2v) is 5.09. The van der Waals surface area contributed by atoms with E-state index in [2.05, 4.69) is 6.58 Å². The monoisotopic (exact) mass is 337 g/mol. The van der Waals surface area contributed by atoms with Crippen LogP contribution in [0.2, 0.25) is 5.02 Å². The first kappa shape index (κ1) is 18.7. The summed E-state index contributed by atoms with van der Waals surface area (Å²) in [5, 5.41) is 0.568. The van der Waals surface area contributed by atoms with Crippen LogP contribution in [-0.4, -0.2) is 43.0 Å². The summed E-state index contributed by atoms with van der Waals surface area (Å²) < 4.78 is 5.07. The number of nitrogens with zero attached hydrogens (tertiary/aromatic N) is 1. The average Bonchev–Trinajstić information content (AvgIpc) is 2.55. The SMILES string of the molecule is C=CC(=O)N1CCOCC1.NC(=O)/C=C(\N)c1cccc(Cl)c1. The number of hydrogen-bond acceptors (Lipinski definition) is 4. The molecule has 0 atom stereocenters. The van der Waals surface area contributed by atoms with Gasteiger partial charge in [0.15, 0.2) is 0 Å². The molecule has 1 aromatic rings. The minimum Gasteiger partial charge on any atom is -0.398 e. The molecule has 1 aromatic carbocycles. The van der Waals surface area contributed by atoms with Crippen LogP contribution in [0.4, 0.5) is 0 Å². The van der Waals surface area contributed by atoms with Gasteiger partial charge in [-0.05, 0) is 23.8 Å². The zero-order chi connectivity index (χ0) is 17.2. The Bertz CT molecular complexity index is 596. The predicted molar refractivity (Wildman–Crippen MR) is 90.4 cm³/mol. The van der Waals surface area contributed by atoms with Gasteiger partial charge in [-0.25, -0.2) is 0 Å². The summed E-state index contributed by atoms with van der Waals surface area (Å²) in [6, 6.07) is 6.89. The number of rotatable bonds is 3. The molecular formula is C16H20ClN3O3. The van der Waals surface area contributed by atoms with Gasteiger partial charge in [0, 0.05) is 29.9 Å². The third-order valence-corrected chi connectivity index (χ3v) is 3.19. The number of benzene rings is 1. The van der Waals surface area contributed by atoms with Crippen LogP contribution in [0.25, 0.3) is 5.70 Å². The number of carbonyl (C=O) groups excluding carboxylic acids is 2. The van der Waals surface area contributed by atoms with E-state index < -0.39 is 5.91 Å². The van der Waals surface area contributed by atoms with Gasteiger partial charge in [-0.2, -0.15) is 0 Å². The Morgan fingerprint density at radius 1 is 1.26 bits per heavy atom. The zero-order valence-electron chi connectivity index (χ0n) is 12.7. The molecule has 2 rings (SSSR count). The maximum absolute atomic E-state index is 10.9. The van der Waals surface area contributed by atoms with Gasteiger partial charge in [-0.15, -0.1) is 0 Å². The molecule has 4 N–H and O–H groups in total. The van der Waals surface area contributed by atoms with Gasteiger partial charge < -0.3 is 21.1 Å². The molecule has 7 heteroatoms. The van der Waals surface area contributed by atoms with Crippen LogP contribution in [-0.2, 0) is 14.3 Å². The molecule has 0 spiro atoms. The fourth-order valence-electron chi connectivity index (χ4n) is 1.82. The van der Waals surface area contributed by atoms with E-state index in [4.69, 9.17) is 27.8 Å². The first-order chi connectivity index (χ1) is 10.9. The Balaban J connectivity index is 0.000000238. The molecule has 2 amide bonds. The van der Waals surface area contributed by atoms with Crippen molar-refractivity contribution < 1.29 is 14.3 Å². The van der Waals surface area contributed by atoms with Crippen LogP contribution in [0, 0.1) is 0 Å². The van der Waals surface area contributed by atoms with Crippen molar-refractivity contribution in [1.29, 1.82) is 0 Å². The van der Waals surface area contributed by atoms with E-state index >= 15 is 0 Å². The van der Waals surface area contributed by atoms with Crippen molar-refractivity contribution >= 4 is 29.1 Å². The highest BCUT2D eigenvalue weighted by atomic mass is 35.5. The van der Waals surface area contributed by atoms with Gasteiger partial charge in [0.05, 0.1) is 13.2 Å². The normalized spacial score (nSPS) is 14.5. The summed E-state index contributed by atoms with van der Waals surface area (Å²) in [5.41, 5.74) is 11.5. The lowest BCUT2D eigenvalue weighted by molar-refractivity contribution is -0.129. The van der Waals surface area contributed by atoms with Crippen molar-refractivity contribution in [2.75, 3.05) is 26.3 Å².